The summed E-state index contributed by atoms with van der Waals surface area (Å²) in [5.74, 6) is 0.477. The third kappa shape index (κ3) is 3.71. The number of hydrogen-bond acceptors (Lipinski definition) is 3. The van der Waals surface area contributed by atoms with Gasteiger partial charge in [-0.05, 0) is 57.7 Å². The molecule has 2 aliphatic rings. The van der Waals surface area contributed by atoms with Gasteiger partial charge in [0.15, 0.2) is 0 Å². The van der Waals surface area contributed by atoms with Gasteiger partial charge >= 0.3 is 0 Å². The highest BCUT2D eigenvalue weighted by molar-refractivity contribution is 4.90. The molecule has 3 unspecified atom stereocenters. The molecule has 0 aromatic carbocycles. The van der Waals surface area contributed by atoms with Crippen LogP contribution in [0, 0.1) is 11.3 Å². The fourth-order valence-corrected chi connectivity index (χ4v) is 3.90. The Hall–Kier alpha value is -0.120. The average Bonchev–Trinajstić information content (AvgIpc) is 2.35. The Morgan fingerprint density at radius 1 is 1.21 bits per heavy atom. The Labute approximate surface area is 119 Å². The maximum Gasteiger partial charge on any atom is 0.0631 e. The van der Waals surface area contributed by atoms with Crippen LogP contribution in [-0.2, 0) is 0 Å². The number of aliphatic hydroxyl groups is 1. The van der Waals surface area contributed by atoms with E-state index in [0.717, 1.165) is 6.54 Å². The van der Waals surface area contributed by atoms with Crippen molar-refractivity contribution in [2.24, 2.45) is 11.3 Å². The molecular weight excluding hydrogens is 236 g/mol. The van der Waals surface area contributed by atoms with E-state index >= 15 is 0 Å². The van der Waals surface area contributed by atoms with E-state index < -0.39 is 0 Å². The lowest BCUT2D eigenvalue weighted by Crippen LogP contribution is -2.50. The number of rotatable bonds is 3. The maximum atomic E-state index is 10.6. The minimum atomic E-state index is -0.124. The lowest BCUT2D eigenvalue weighted by molar-refractivity contribution is -0.0468. The van der Waals surface area contributed by atoms with E-state index in [1.54, 1.807) is 0 Å². The summed E-state index contributed by atoms with van der Waals surface area (Å²) in [5.41, 5.74) is 0.111. The van der Waals surface area contributed by atoms with Crippen molar-refractivity contribution in [3.63, 3.8) is 0 Å². The molecular formula is C16H32N2O. The van der Waals surface area contributed by atoms with E-state index in [-0.39, 0.29) is 11.5 Å². The normalized spacial score (nSPS) is 36.6. The topological polar surface area (TPSA) is 26.7 Å². The molecule has 2 fully saturated rings. The number of aliphatic hydroxyl groups excluding tert-OH is 1. The molecule has 0 aromatic heterocycles. The molecule has 0 spiro atoms. The first-order valence-corrected chi connectivity index (χ1v) is 7.97. The number of likely N-dealkylation sites (tertiary alicyclic amines) is 1. The molecule has 0 aromatic rings. The van der Waals surface area contributed by atoms with Crippen LogP contribution in [0.25, 0.3) is 0 Å². The van der Waals surface area contributed by atoms with Gasteiger partial charge in [0.1, 0.15) is 0 Å². The fraction of sp³-hybridized carbons (Fsp3) is 1.00. The molecule has 3 nitrogen and oxygen atoms in total. The van der Waals surface area contributed by atoms with Crippen molar-refractivity contribution in [2.75, 3.05) is 33.7 Å². The summed E-state index contributed by atoms with van der Waals surface area (Å²) in [6.07, 6.45) is 6.15. The predicted molar refractivity (Wildman–Crippen MR) is 80.3 cm³/mol. The minimum absolute atomic E-state index is 0.111. The van der Waals surface area contributed by atoms with E-state index in [2.05, 4.69) is 37.7 Å². The highest BCUT2D eigenvalue weighted by atomic mass is 16.3. The Morgan fingerprint density at radius 3 is 2.63 bits per heavy atom. The van der Waals surface area contributed by atoms with Gasteiger partial charge in [-0.3, -0.25) is 0 Å². The Balaban J connectivity index is 1.89. The second-order valence-electron chi connectivity index (χ2n) is 7.60. The number of likely N-dealkylation sites (N-methyl/N-ethyl adjacent to an activating group) is 1. The zero-order valence-corrected chi connectivity index (χ0v) is 13.2. The van der Waals surface area contributed by atoms with Gasteiger partial charge in [-0.1, -0.05) is 20.3 Å². The molecule has 112 valence electrons. The van der Waals surface area contributed by atoms with Crippen LogP contribution >= 0.6 is 0 Å². The van der Waals surface area contributed by atoms with Crippen LogP contribution in [0.1, 0.15) is 46.0 Å². The highest BCUT2D eigenvalue weighted by Crippen LogP contribution is 2.39. The average molecular weight is 268 g/mol. The zero-order valence-electron chi connectivity index (χ0n) is 13.2. The monoisotopic (exact) mass is 268 g/mol. The molecule has 3 atom stereocenters. The van der Waals surface area contributed by atoms with Gasteiger partial charge in [0.2, 0.25) is 0 Å². The van der Waals surface area contributed by atoms with Crippen molar-refractivity contribution < 1.29 is 5.11 Å². The van der Waals surface area contributed by atoms with E-state index in [1.807, 2.05) is 0 Å². The van der Waals surface area contributed by atoms with Crippen LogP contribution in [0.2, 0.25) is 0 Å². The van der Waals surface area contributed by atoms with Gasteiger partial charge < -0.3 is 14.9 Å². The van der Waals surface area contributed by atoms with Gasteiger partial charge in [0.25, 0.3) is 0 Å². The molecule has 1 N–H and O–H groups in total. The molecule has 1 heterocycles. The molecule has 1 aliphatic heterocycles. The Morgan fingerprint density at radius 2 is 1.95 bits per heavy atom. The van der Waals surface area contributed by atoms with Crippen molar-refractivity contribution in [1.82, 2.24) is 9.80 Å². The summed E-state index contributed by atoms with van der Waals surface area (Å²) in [4.78, 5) is 4.94. The first-order chi connectivity index (χ1) is 8.90. The van der Waals surface area contributed by atoms with Crippen molar-refractivity contribution in [3.8, 4) is 0 Å². The summed E-state index contributed by atoms with van der Waals surface area (Å²) in [5, 5.41) is 10.6. The molecule has 2 rings (SSSR count). The zero-order chi connectivity index (χ0) is 14.0. The molecule has 0 bridgehead atoms. The number of piperidine rings is 1. The van der Waals surface area contributed by atoms with E-state index in [9.17, 15) is 5.11 Å². The van der Waals surface area contributed by atoms with E-state index in [0.29, 0.717) is 12.0 Å². The third-order valence-electron chi connectivity index (χ3n) is 5.35. The lowest BCUT2D eigenvalue weighted by atomic mass is 9.69. The second kappa shape index (κ2) is 6.11. The maximum absolute atomic E-state index is 10.6. The van der Waals surface area contributed by atoms with Gasteiger partial charge in [0, 0.05) is 19.1 Å². The Bertz CT molecular complexity index is 290. The molecule has 1 aliphatic carbocycles. The minimum Gasteiger partial charge on any atom is -0.392 e. The van der Waals surface area contributed by atoms with Crippen molar-refractivity contribution in [1.29, 1.82) is 0 Å². The molecule has 19 heavy (non-hydrogen) atoms. The van der Waals surface area contributed by atoms with Crippen LogP contribution < -0.4 is 0 Å². The molecule has 1 saturated heterocycles. The predicted octanol–water partition coefficient (Wildman–Crippen LogP) is 2.20. The highest BCUT2D eigenvalue weighted by Gasteiger charge is 2.38. The summed E-state index contributed by atoms with van der Waals surface area (Å²) in [6, 6.07) is 0.697. The van der Waals surface area contributed by atoms with Crippen molar-refractivity contribution in [3.05, 3.63) is 0 Å². The third-order valence-corrected chi connectivity index (χ3v) is 5.35. The van der Waals surface area contributed by atoms with E-state index in [4.69, 9.17) is 0 Å². The number of hydrogen-bond donors (Lipinski definition) is 1. The summed E-state index contributed by atoms with van der Waals surface area (Å²) < 4.78 is 0. The largest absolute Gasteiger partial charge is 0.392 e. The lowest BCUT2D eigenvalue weighted by Gasteiger charge is -2.44. The molecule has 1 saturated carbocycles. The van der Waals surface area contributed by atoms with Gasteiger partial charge in [0.05, 0.1) is 6.10 Å². The second-order valence-corrected chi connectivity index (χ2v) is 7.60. The quantitative estimate of drug-likeness (QED) is 0.850. The van der Waals surface area contributed by atoms with Crippen LogP contribution in [0.15, 0.2) is 0 Å². The molecule has 3 heteroatoms. The fourth-order valence-electron chi connectivity index (χ4n) is 3.90. The molecule has 0 amide bonds. The van der Waals surface area contributed by atoms with E-state index in [1.165, 1.54) is 45.2 Å². The van der Waals surface area contributed by atoms with Crippen LogP contribution in [0.3, 0.4) is 0 Å². The van der Waals surface area contributed by atoms with Crippen molar-refractivity contribution in [2.45, 2.75) is 58.1 Å². The van der Waals surface area contributed by atoms with Gasteiger partial charge in [-0.2, -0.15) is 0 Å². The van der Waals surface area contributed by atoms with Crippen LogP contribution in [0.5, 0.6) is 0 Å². The standard InChI is InChI=1S/C16H32N2O/c1-16(2)9-5-7-13(15(16)19)11-18-10-6-8-14(12-18)17(3)4/h13-15,19H,5-12H2,1-4H3. The Kier molecular flexibility index (Phi) is 4.91. The first kappa shape index (κ1) is 15.3. The first-order valence-electron chi connectivity index (χ1n) is 7.97. The molecule has 0 radical (unpaired) electrons. The summed E-state index contributed by atoms with van der Waals surface area (Å²) >= 11 is 0. The van der Waals surface area contributed by atoms with Crippen molar-refractivity contribution >= 4 is 0 Å². The van der Waals surface area contributed by atoms with Crippen LogP contribution in [0.4, 0.5) is 0 Å². The van der Waals surface area contributed by atoms with Gasteiger partial charge in [-0.25, -0.2) is 0 Å². The SMILES string of the molecule is CN(C)C1CCCN(CC2CCCC(C)(C)C2O)C1. The smallest absolute Gasteiger partial charge is 0.0631 e. The summed E-state index contributed by atoms with van der Waals surface area (Å²) in [6.45, 7) is 7.94. The van der Waals surface area contributed by atoms with Gasteiger partial charge in [-0.15, -0.1) is 0 Å². The van der Waals surface area contributed by atoms with Crippen LogP contribution in [-0.4, -0.2) is 60.8 Å². The summed E-state index contributed by atoms with van der Waals surface area (Å²) in [7, 11) is 4.37. The number of nitrogens with zero attached hydrogens (tertiary/aromatic N) is 2.